The minimum atomic E-state index is -4.31. The average molecular weight is 298 g/mol. The van der Waals surface area contributed by atoms with Crippen LogP contribution in [0.1, 0.15) is 29.9 Å². The molecule has 0 bridgehead atoms. The molecule has 1 aliphatic heterocycles. The number of amides is 2. The second kappa shape index (κ2) is 4.93. The van der Waals surface area contributed by atoms with E-state index in [1.165, 1.54) is 6.07 Å². The van der Waals surface area contributed by atoms with Crippen molar-refractivity contribution in [2.45, 2.75) is 24.9 Å². The molecule has 0 unspecified atom stereocenters. The van der Waals surface area contributed by atoms with Crippen molar-refractivity contribution in [3.63, 3.8) is 0 Å². The summed E-state index contributed by atoms with van der Waals surface area (Å²) < 4.78 is 39.3. The third-order valence-corrected chi connectivity index (χ3v) is 4.77. The molecule has 6 heteroatoms. The number of rotatable bonds is 1. The Kier molecular flexibility index (Phi) is 3.34. The summed E-state index contributed by atoms with van der Waals surface area (Å²) in [5, 5.41) is 0. The number of alkyl halides is 3. The molecule has 1 saturated carbocycles. The number of nitrogens with two attached hydrogens (primary N) is 1. The smallest absolute Gasteiger partial charge is 0.351 e. The number of urea groups is 1. The highest BCUT2D eigenvalue weighted by Crippen LogP contribution is 2.48. The van der Waals surface area contributed by atoms with Crippen LogP contribution in [0.25, 0.3) is 0 Å². The van der Waals surface area contributed by atoms with E-state index in [1.54, 1.807) is 17.0 Å². The molecule has 2 fully saturated rings. The van der Waals surface area contributed by atoms with Crippen molar-refractivity contribution in [2.24, 2.45) is 17.6 Å². The molecule has 114 valence electrons. The molecule has 2 N–H and O–H groups in total. The lowest BCUT2D eigenvalue weighted by Crippen LogP contribution is -2.34. The first-order valence-corrected chi connectivity index (χ1v) is 7.06. The maximum absolute atomic E-state index is 13.1. The van der Waals surface area contributed by atoms with Crippen LogP contribution in [0.4, 0.5) is 18.0 Å². The molecule has 1 aromatic carbocycles. The van der Waals surface area contributed by atoms with E-state index in [4.69, 9.17) is 5.73 Å². The fourth-order valence-corrected chi connectivity index (χ4v) is 3.84. The van der Waals surface area contributed by atoms with Crippen molar-refractivity contribution in [2.75, 3.05) is 13.1 Å². The molecule has 1 heterocycles. The number of benzene rings is 1. The second-order valence-electron chi connectivity index (χ2n) is 6.02. The summed E-state index contributed by atoms with van der Waals surface area (Å²) in [6.07, 6.45) is -2.92. The normalized spacial score (nSPS) is 28.7. The summed E-state index contributed by atoms with van der Waals surface area (Å²) in [7, 11) is 0. The number of fused-ring (bicyclic) bond motifs is 1. The minimum absolute atomic E-state index is 0.0761. The predicted octanol–water partition coefficient (Wildman–Crippen LogP) is 3.21. The SMILES string of the molecule is NC(=O)N1C[C@H]2C[C@H](c3ccccc3C(F)(F)F)C[C@H]2C1. The lowest BCUT2D eigenvalue weighted by molar-refractivity contribution is -0.138. The Hall–Kier alpha value is -1.72. The van der Waals surface area contributed by atoms with Crippen molar-refractivity contribution in [3.8, 4) is 0 Å². The third-order valence-electron chi connectivity index (χ3n) is 4.77. The molecule has 21 heavy (non-hydrogen) atoms. The van der Waals surface area contributed by atoms with Crippen LogP contribution < -0.4 is 5.73 Å². The third kappa shape index (κ3) is 2.59. The van der Waals surface area contributed by atoms with E-state index in [1.807, 2.05) is 0 Å². The molecule has 0 radical (unpaired) electrons. The zero-order valence-corrected chi connectivity index (χ0v) is 11.4. The van der Waals surface area contributed by atoms with Gasteiger partial charge in [-0.2, -0.15) is 13.2 Å². The van der Waals surface area contributed by atoms with Gasteiger partial charge in [0.05, 0.1) is 5.56 Å². The van der Waals surface area contributed by atoms with E-state index >= 15 is 0 Å². The quantitative estimate of drug-likeness (QED) is 0.850. The second-order valence-corrected chi connectivity index (χ2v) is 6.02. The first-order valence-electron chi connectivity index (χ1n) is 7.06. The maximum atomic E-state index is 13.1. The predicted molar refractivity (Wildman–Crippen MR) is 71.6 cm³/mol. The molecule has 1 aromatic rings. The minimum Gasteiger partial charge on any atom is -0.351 e. The highest BCUT2D eigenvalue weighted by atomic mass is 19.4. The van der Waals surface area contributed by atoms with Crippen molar-refractivity contribution < 1.29 is 18.0 Å². The van der Waals surface area contributed by atoms with Gasteiger partial charge in [0.1, 0.15) is 0 Å². The van der Waals surface area contributed by atoms with Crippen LogP contribution in [0, 0.1) is 11.8 Å². The Labute approximate surface area is 120 Å². The van der Waals surface area contributed by atoms with Gasteiger partial charge in [0.25, 0.3) is 0 Å². The van der Waals surface area contributed by atoms with Gasteiger partial charge in [0.2, 0.25) is 0 Å². The van der Waals surface area contributed by atoms with Gasteiger partial charge in [0, 0.05) is 13.1 Å². The zero-order chi connectivity index (χ0) is 15.2. The maximum Gasteiger partial charge on any atom is 0.416 e. The fraction of sp³-hybridized carbons (Fsp3) is 0.533. The number of carbonyl (C=O) groups excluding carboxylic acids is 1. The van der Waals surface area contributed by atoms with Gasteiger partial charge in [-0.3, -0.25) is 0 Å². The van der Waals surface area contributed by atoms with Gasteiger partial charge in [-0.1, -0.05) is 18.2 Å². The van der Waals surface area contributed by atoms with Crippen molar-refractivity contribution >= 4 is 6.03 Å². The Bertz CT molecular complexity index is 544. The first kappa shape index (κ1) is 14.2. The van der Waals surface area contributed by atoms with Crippen molar-refractivity contribution in [1.82, 2.24) is 4.90 Å². The highest BCUT2D eigenvalue weighted by Gasteiger charge is 2.44. The molecule has 2 aliphatic rings. The molecular weight excluding hydrogens is 281 g/mol. The van der Waals surface area contributed by atoms with Gasteiger partial charge >= 0.3 is 12.2 Å². The van der Waals surface area contributed by atoms with Crippen LogP contribution in [-0.2, 0) is 6.18 Å². The summed E-state index contributed by atoms with van der Waals surface area (Å²) >= 11 is 0. The Morgan fingerprint density at radius 3 is 2.24 bits per heavy atom. The van der Waals surface area contributed by atoms with Crippen LogP contribution in [-0.4, -0.2) is 24.0 Å². The average Bonchev–Trinajstić information content (AvgIpc) is 2.95. The van der Waals surface area contributed by atoms with E-state index in [9.17, 15) is 18.0 Å². The molecule has 0 spiro atoms. The summed E-state index contributed by atoms with van der Waals surface area (Å²) in [4.78, 5) is 12.8. The van der Waals surface area contributed by atoms with E-state index in [2.05, 4.69) is 0 Å². The summed E-state index contributed by atoms with van der Waals surface area (Å²) in [6.45, 7) is 1.15. The Morgan fingerprint density at radius 2 is 1.71 bits per heavy atom. The molecule has 3 rings (SSSR count). The molecule has 3 nitrogen and oxygen atoms in total. The number of likely N-dealkylation sites (tertiary alicyclic amines) is 1. The van der Waals surface area contributed by atoms with Crippen LogP contribution in [0.5, 0.6) is 0 Å². The summed E-state index contributed by atoms with van der Waals surface area (Å²) in [5.41, 5.74) is 5.13. The first-order chi connectivity index (χ1) is 9.86. The number of carbonyl (C=O) groups is 1. The van der Waals surface area contributed by atoms with Gasteiger partial charge in [-0.05, 0) is 42.2 Å². The lowest BCUT2D eigenvalue weighted by Gasteiger charge is -2.20. The summed E-state index contributed by atoms with van der Waals surface area (Å²) in [6, 6.07) is 5.39. The van der Waals surface area contributed by atoms with E-state index < -0.39 is 17.8 Å². The zero-order valence-electron chi connectivity index (χ0n) is 11.4. The number of hydrogen-bond donors (Lipinski definition) is 1. The number of hydrogen-bond acceptors (Lipinski definition) is 1. The Balaban J connectivity index is 1.79. The monoisotopic (exact) mass is 298 g/mol. The van der Waals surface area contributed by atoms with Crippen molar-refractivity contribution in [3.05, 3.63) is 35.4 Å². The fourth-order valence-electron chi connectivity index (χ4n) is 3.84. The van der Waals surface area contributed by atoms with Gasteiger partial charge in [-0.25, -0.2) is 4.79 Å². The highest BCUT2D eigenvalue weighted by molar-refractivity contribution is 5.72. The molecule has 1 aliphatic carbocycles. The van der Waals surface area contributed by atoms with Crippen LogP contribution in [0.15, 0.2) is 24.3 Å². The topological polar surface area (TPSA) is 46.3 Å². The van der Waals surface area contributed by atoms with E-state index in [0.29, 0.717) is 31.5 Å². The van der Waals surface area contributed by atoms with Gasteiger partial charge in [-0.15, -0.1) is 0 Å². The molecule has 1 saturated heterocycles. The molecular formula is C15H17F3N2O. The van der Waals surface area contributed by atoms with Gasteiger partial charge < -0.3 is 10.6 Å². The summed E-state index contributed by atoms with van der Waals surface area (Å²) in [5.74, 6) is 0.459. The number of primary amides is 1. The van der Waals surface area contributed by atoms with E-state index in [0.717, 1.165) is 6.07 Å². The number of nitrogens with zero attached hydrogens (tertiary/aromatic N) is 1. The van der Waals surface area contributed by atoms with Gasteiger partial charge in [0.15, 0.2) is 0 Å². The van der Waals surface area contributed by atoms with Crippen LogP contribution >= 0.6 is 0 Å². The van der Waals surface area contributed by atoms with Crippen LogP contribution in [0.2, 0.25) is 0 Å². The van der Waals surface area contributed by atoms with Crippen LogP contribution in [0.3, 0.4) is 0 Å². The molecule has 0 aromatic heterocycles. The molecule has 3 atom stereocenters. The van der Waals surface area contributed by atoms with Crippen molar-refractivity contribution in [1.29, 1.82) is 0 Å². The lowest BCUT2D eigenvalue weighted by atomic mass is 9.91. The molecule has 2 amide bonds. The largest absolute Gasteiger partial charge is 0.416 e. The number of halogens is 3. The Morgan fingerprint density at radius 1 is 1.14 bits per heavy atom. The van der Waals surface area contributed by atoms with E-state index in [-0.39, 0.29) is 17.8 Å². The standard InChI is InChI=1S/C15H17F3N2O/c16-15(17,18)13-4-2-1-3-12(13)9-5-10-7-20(14(19)21)8-11(10)6-9/h1-4,9-11H,5-8H2,(H2,19,21)/t9-,10+,11-.